The van der Waals surface area contributed by atoms with E-state index in [9.17, 15) is 24.0 Å². The number of hydrogen-bond donors (Lipinski definition) is 1. The minimum absolute atomic E-state index is 0.0203. The monoisotopic (exact) mass is 413 g/mol. The van der Waals surface area contributed by atoms with E-state index in [0.29, 0.717) is 5.76 Å². The second-order valence-electron chi connectivity index (χ2n) is 6.68. The van der Waals surface area contributed by atoms with Crippen LogP contribution in [0.15, 0.2) is 41.0 Å². The third-order valence-corrected chi connectivity index (χ3v) is 4.37. The first-order chi connectivity index (χ1) is 14.3. The fraction of sp³-hybridized carbons (Fsp3) is 0.250. The van der Waals surface area contributed by atoms with Crippen molar-refractivity contribution in [3.05, 3.63) is 59.0 Å². The Hall–Kier alpha value is -3.95. The van der Waals surface area contributed by atoms with E-state index >= 15 is 0 Å². The van der Waals surface area contributed by atoms with Gasteiger partial charge in [-0.2, -0.15) is 0 Å². The molecule has 1 aromatic heterocycles. The summed E-state index contributed by atoms with van der Waals surface area (Å²) in [6.07, 6.45) is 1.44. The summed E-state index contributed by atoms with van der Waals surface area (Å²) in [7, 11) is 3.09. The number of nitrogens with zero attached hydrogens (tertiary/aromatic N) is 2. The van der Waals surface area contributed by atoms with E-state index < -0.39 is 30.3 Å². The number of furan rings is 1. The Morgan fingerprint density at radius 2 is 1.83 bits per heavy atom. The Bertz CT molecular complexity index is 1010. The van der Waals surface area contributed by atoms with Crippen molar-refractivity contribution in [3.8, 4) is 0 Å². The van der Waals surface area contributed by atoms with E-state index in [0.717, 1.165) is 4.90 Å². The fourth-order valence-corrected chi connectivity index (χ4v) is 2.72. The van der Waals surface area contributed by atoms with Crippen LogP contribution in [-0.4, -0.2) is 66.6 Å². The smallest absolute Gasteiger partial charge is 0.338 e. The second kappa shape index (κ2) is 8.60. The molecule has 0 radical (unpaired) electrons. The van der Waals surface area contributed by atoms with Crippen molar-refractivity contribution in [1.82, 2.24) is 15.1 Å². The van der Waals surface area contributed by atoms with E-state index in [1.165, 1.54) is 29.4 Å². The molecule has 2 heterocycles. The lowest BCUT2D eigenvalue weighted by Gasteiger charge is -2.11. The van der Waals surface area contributed by atoms with E-state index in [1.807, 2.05) is 0 Å². The predicted molar refractivity (Wildman–Crippen MR) is 101 cm³/mol. The number of fused-ring (bicyclic) bond motifs is 1. The summed E-state index contributed by atoms with van der Waals surface area (Å²) in [6, 6.07) is 7.26. The summed E-state index contributed by atoms with van der Waals surface area (Å²) < 4.78 is 10.1. The number of benzene rings is 1. The van der Waals surface area contributed by atoms with Gasteiger partial charge in [0.15, 0.2) is 6.61 Å². The SMILES string of the molecule is CN(C)C(=O)CNC(=O)COC(=O)c1ccc2c(c1)C(=O)N(Cc1ccco1)C2=O. The molecule has 0 atom stereocenters. The standard InChI is InChI=1S/C20H19N3O7/c1-22(2)17(25)9-21-16(24)11-30-20(28)12-5-6-14-15(8-12)19(27)23(18(14)26)10-13-4-3-7-29-13/h3-8H,9-11H2,1-2H3,(H,21,24). The quantitative estimate of drug-likeness (QED) is 0.515. The molecule has 3 rings (SSSR count). The largest absolute Gasteiger partial charge is 0.467 e. The number of esters is 1. The van der Waals surface area contributed by atoms with Crippen LogP contribution >= 0.6 is 0 Å². The van der Waals surface area contributed by atoms with Gasteiger partial charge in [0.25, 0.3) is 17.7 Å². The maximum absolute atomic E-state index is 12.6. The van der Waals surface area contributed by atoms with Crippen molar-refractivity contribution in [1.29, 1.82) is 0 Å². The number of nitrogens with one attached hydrogen (secondary N) is 1. The number of imide groups is 1. The molecular formula is C20H19N3O7. The van der Waals surface area contributed by atoms with E-state index in [1.54, 1.807) is 26.2 Å². The molecular weight excluding hydrogens is 394 g/mol. The zero-order chi connectivity index (χ0) is 21.8. The molecule has 10 heteroatoms. The molecule has 1 aromatic carbocycles. The van der Waals surface area contributed by atoms with Gasteiger partial charge in [-0.25, -0.2) is 4.79 Å². The number of carbonyl (C=O) groups excluding carboxylic acids is 5. The first kappa shape index (κ1) is 20.8. The zero-order valence-corrected chi connectivity index (χ0v) is 16.3. The van der Waals surface area contributed by atoms with Crippen molar-refractivity contribution >= 4 is 29.6 Å². The van der Waals surface area contributed by atoms with Gasteiger partial charge in [0, 0.05) is 14.1 Å². The Kier molecular flexibility index (Phi) is 5.95. The average Bonchev–Trinajstić information content (AvgIpc) is 3.32. The number of likely N-dealkylation sites (N-methyl/N-ethyl adjacent to an activating group) is 1. The van der Waals surface area contributed by atoms with Crippen LogP contribution in [0.1, 0.15) is 36.8 Å². The molecule has 0 aliphatic carbocycles. The molecule has 1 N–H and O–H groups in total. The number of carbonyl (C=O) groups is 5. The minimum Gasteiger partial charge on any atom is -0.467 e. The maximum Gasteiger partial charge on any atom is 0.338 e. The Morgan fingerprint density at radius 3 is 2.50 bits per heavy atom. The van der Waals surface area contributed by atoms with Crippen molar-refractivity contribution in [2.24, 2.45) is 0 Å². The van der Waals surface area contributed by atoms with Gasteiger partial charge < -0.3 is 19.4 Å². The van der Waals surface area contributed by atoms with Crippen molar-refractivity contribution in [3.63, 3.8) is 0 Å². The minimum atomic E-state index is -0.836. The third kappa shape index (κ3) is 4.37. The average molecular weight is 413 g/mol. The normalized spacial score (nSPS) is 12.5. The first-order valence-corrected chi connectivity index (χ1v) is 8.94. The van der Waals surface area contributed by atoms with E-state index in [4.69, 9.17) is 9.15 Å². The van der Waals surface area contributed by atoms with Crippen LogP contribution in [-0.2, 0) is 20.9 Å². The third-order valence-electron chi connectivity index (χ3n) is 4.37. The van der Waals surface area contributed by atoms with Crippen LogP contribution in [0.25, 0.3) is 0 Å². The molecule has 4 amide bonds. The molecule has 0 bridgehead atoms. The van der Waals surface area contributed by atoms with Gasteiger partial charge in [-0.05, 0) is 30.3 Å². The van der Waals surface area contributed by atoms with Crippen LogP contribution in [0.5, 0.6) is 0 Å². The molecule has 10 nitrogen and oxygen atoms in total. The van der Waals surface area contributed by atoms with Gasteiger partial charge in [-0.3, -0.25) is 24.1 Å². The van der Waals surface area contributed by atoms with Crippen LogP contribution < -0.4 is 5.32 Å². The second-order valence-corrected chi connectivity index (χ2v) is 6.68. The topological polar surface area (TPSA) is 126 Å². The van der Waals surface area contributed by atoms with Gasteiger partial charge in [0.1, 0.15) is 5.76 Å². The molecule has 0 unspecified atom stereocenters. The lowest BCUT2D eigenvalue weighted by atomic mass is 10.1. The lowest BCUT2D eigenvalue weighted by Crippen LogP contribution is -2.38. The molecule has 0 saturated carbocycles. The highest BCUT2D eigenvalue weighted by atomic mass is 16.5. The van der Waals surface area contributed by atoms with Crippen molar-refractivity contribution < 1.29 is 33.1 Å². The fourth-order valence-electron chi connectivity index (χ4n) is 2.72. The highest BCUT2D eigenvalue weighted by Crippen LogP contribution is 2.26. The summed E-state index contributed by atoms with van der Waals surface area (Å²) >= 11 is 0. The van der Waals surface area contributed by atoms with Gasteiger partial charge in [0.2, 0.25) is 5.91 Å². The summed E-state index contributed by atoms with van der Waals surface area (Å²) in [5.74, 6) is -2.39. The number of hydrogen-bond acceptors (Lipinski definition) is 7. The highest BCUT2D eigenvalue weighted by molar-refractivity contribution is 6.21. The number of amides is 4. The molecule has 0 saturated heterocycles. The Morgan fingerprint density at radius 1 is 1.10 bits per heavy atom. The van der Waals surface area contributed by atoms with Crippen molar-refractivity contribution in [2.45, 2.75) is 6.54 Å². The molecule has 30 heavy (non-hydrogen) atoms. The number of ether oxygens (including phenoxy) is 1. The summed E-state index contributed by atoms with van der Waals surface area (Å²) in [4.78, 5) is 62.8. The van der Waals surface area contributed by atoms with Crippen LogP contribution in [0.4, 0.5) is 0 Å². The Balaban J connectivity index is 1.61. The van der Waals surface area contributed by atoms with Gasteiger partial charge in [-0.15, -0.1) is 0 Å². The molecule has 2 aromatic rings. The molecule has 0 spiro atoms. The van der Waals surface area contributed by atoms with E-state index in [2.05, 4.69) is 5.32 Å². The predicted octanol–water partition coefficient (Wildman–Crippen LogP) is 0.437. The molecule has 1 aliphatic heterocycles. The van der Waals surface area contributed by atoms with Crippen LogP contribution in [0.2, 0.25) is 0 Å². The van der Waals surface area contributed by atoms with Gasteiger partial charge in [0.05, 0.1) is 36.0 Å². The van der Waals surface area contributed by atoms with Crippen molar-refractivity contribution in [2.75, 3.05) is 27.2 Å². The highest BCUT2D eigenvalue weighted by Gasteiger charge is 2.36. The maximum atomic E-state index is 12.6. The molecule has 156 valence electrons. The number of rotatable bonds is 7. The summed E-state index contributed by atoms with van der Waals surface area (Å²) in [6.45, 7) is -0.830. The van der Waals surface area contributed by atoms with Gasteiger partial charge >= 0.3 is 5.97 Å². The Labute approximate surface area is 171 Å². The first-order valence-electron chi connectivity index (χ1n) is 8.94. The molecule has 1 aliphatic rings. The van der Waals surface area contributed by atoms with Crippen LogP contribution in [0.3, 0.4) is 0 Å². The van der Waals surface area contributed by atoms with Crippen LogP contribution in [0, 0.1) is 0 Å². The molecule has 0 fully saturated rings. The zero-order valence-electron chi connectivity index (χ0n) is 16.3. The summed E-state index contributed by atoms with van der Waals surface area (Å²) in [5.41, 5.74) is 0.261. The van der Waals surface area contributed by atoms with E-state index in [-0.39, 0.29) is 35.7 Å². The van der Waals surface area contributed by atoms with Gasteiger partial charge in [-0.1, -0.05) is 0 Å². The summed E-state index contributed by atoms with van der Waals surface area (Å²) in [5, 5.41) is 2.33. The lowest BCUT2D eigenvalue weighted by molar-refractivity contribution is -0.131.